The number of esters is 1. The number of halogens is 7. The highest BCUT2D eigenvalue weighted by atomic mass is 19.4. The maximum absolute atomic E-state index is 12.7. The minimum atomic E-state index is -6.49. The summed E-state index contributed by atoms with van der Waals surface area (Å²) in [6.07, 6.45) is -7.72. The van der Waals surface area contributed by atoms with Crippen LogP contribution in [0.25, 0.3) is 0 Å². The first kappa shape index (κ1) is 18.6. The predicted octanol–water partition coefficient (Wildman–Crippen LogP) is 1.67. The highest BCUT2D eigenvalue weighted by molar-refractivity contribution is 5.84. The Balaban J connectivity index is 4.50. The molecule has 0 aromatic carbocycles. The zero-order chi connectivity index (χ0) is 16.2. The molecule has 0 aromatic heterocycles. The predicted molar refractivity (Wildman–Crippen MR) is 50.2 cm³/mol. The first-order chi connectivity index (χ1) is 8.85. The van der Waals surface area contributed by atoms with Gasteiger partial charge in [0.15, 0.2) is 6.61 Å². The number of nitrogens with two attached hydrogens (primary N) is 1. The Labute approximate surface area is 108 Å². The van der Waals surface area contributed by atoms with Crippen LogP contribution in [-0.2, 0) is 14.3 Å². The van der Waals surface area contributed by atoms with Crippen LogP contribution in [0.4, 0.5) is 30.7 Å². The van der Waals surface area contributed by atoms with E-state index in [0.717, 1.165) is 0 Å². The number of alkyl halides is 7. The van der Waals surface area contributed by atoms with E-state index in [1.54, 1.807) is 0 Å². The second-order valence-electron chi connectivity index (χ2n) is 3.68. The molecule has 0 bridgehead atoms. The Morgan fingerprint density at radius 3 is 1.85 bits per heavy atom. The molecule has 0 aliphatic rings. The Kier molecular flexibility index (Phi) is 5.93. The molecule has 0 rings (SSSR count). The fraction of sp³-hybridized carbons (Fsp3) is 0.778. The number of ketones is 1. The average molecular weight is 313 g/mol. The van der Waals surface area contributed by atoms with Crippen molar-refractivity contribution < 1.29 is 45.1 Å². The molecule has 0 aliphatic heterocycles. The molecule has 11 heteroatoms. The summed E-state index contributed by atoms with van der Waals surface area (Å²) < 4.78 is 89.0. The maximum Gasteiger partial charge on any atom is 0.460 e. The van der Waals surface area contributed by atoms with Gasteiger partial charge < -0.3 is 10.5 Å². The van der Waals surface area contributed by atoms with E-state index in [-0.39, 0.29) is 0 Å². The van der Waals surface area contributed by atoms with Crippen LogP contribution >= 0.6 is 0 Å². The molecule has 0 radical (unpaired) electrons. The third kappa shape index (κ3) is 4.62. The minimum Gasteiger partial charge on any atom is -0.459 e. The van der Waals surface area contributed by atoms with E-state index < -0.39 is 55.8 Å². The van der Waals surface area contributed by atoms with E-state index in [0.29, 0.717) is 0 Å². The molecule has 0 unspecified atom stereocenters. The van der Waals surface area contributed by atoms with E-state index in [1.807, 2.05) is 0 Å². The summed E-state index contributed by atoms with van der Waals surface area (Å²) >= 11 is 0. The Morgan fingerprint density at radius 2 is 1.45 bits per heavy atom. The molecule has 0 fully saturated rings. The van der Waals surface area contributed by atoms with Gasteiger partial charge in [0.2, 0.25) is 0 Å². The first-order valence-corrected chi connectivity index (χ1v) is 5.05. The summed E-state index contributed by atoms with van der Waals surface area (Å²) in [5, 5.41) is 0. The highest BCUT2D eigenvalue weighted by Crippen LogP contribution is 2.46. The lowest BCUT2D eigenvalue weighted by atomic mass is 10.1. The zero-order valence-corrected chi connectivity index (χ0v) is 9.78. The molecule has 4 nitrogen and oxygen atoms in total. The van der Waals surface area contributed by atoms with Crippen molar-refractivity contribution in [3.63, 3.8) is 0 Å². The largest absolute Gasteiger partial charge is 0.460 e. The Morgan fingerprint density at radius 1 is 0.950 bits per heavy atom. The first-order valence-electron chi connectivity index (χ1n) is 5.05. The van der Waals surface area contributed by atoms with E-state index in [1.165, 1.54) is 0 Å². The minimum absolute atomic E-state index is 0.435. The number of hydrogen-bond acceptors (Lipinski definition) is 4. The zero-order valence-electron chi connectivity index (χ0n) is 9.78. The van der Waals surface area contributed by atoms with Crippen molar-refractivity contribution in [2.45, 2.75) is 30.9 Å². The molecule has 118 valence electrons. The van der Waals surface area contributed by atoms with Crippen molar-refractivity contribution in [2.24, 2.45) is 5.73 Å². The van der Waals surface area contributed by atoms with Crippen LogP contribution in [0.3, 0.4) is 0 Å². The van der Waals surface area contributed by atoms with Crippen molar-refractivity contribution >= 4 is 11.8 Å². The van der Waals surface area contributed by atoms with E-state index in [2.05, 4.69) is 4.74 Å². The molecule has 0 amide bonds. The number of Topliss-reactive ketones (excluding diaryl/α,β-unsaturated/α-hetero) is 1. The molecule has 0 atom stereocenters. The van der Waals surface area contributed by atoms with Crippen LogP contribution in [0, 0.1) is 0 Å². The van der Waals surface area contributed by atoms with Gasteiger partial charge in [0, 0.05) is 6.42 Å². The fourth-order valence-corrected chi connectivity index (χ4v) is 0.885. The molecule has 2 N–H and O–H groups in total. The molecule has 0 saturated carbocycles. The van der Waals surface area contributed by atoms with Gasteiger partial charge in [0.1, 0.15) is 5.78 Å². The van der Waals surface area contributed by atoms with Gasteiger partial charge in [-0.15, -0.1) is 0 Å². The van der Waals surface area contributed by atoms with Gasteiger partial charge in [-0.05, 0) is 0 Å². The van der Waals surface area contributed by atoms with Gasteiger partial charge in [0.05, 0.1) is 13.0 Å². The molecule has 0 aliphatic carbocycles. The third-order valence-electron chi connectivity index (χ3n) is 2.07. The molecular weight excluding hydrogens is 303 g/mol. The summed E-state index contributed by atoms with van der Waals surface area (Å²) in [6.45, 7) is -2.88. The van der Waals surface area contributed by atoms with Crippen LogP contribution in [-0.4, -0.2) is 42.9 Å². The topological polar surface area (TPSA) is 69.4 Å². The summed E-state index contributed by atoms with van der Waals surface area (Å²) in [5.41, 5.74) is 4.86. The molecule has 0 saturated heterocycles. The van der Waals surface area contributed by atoms with Crippen molar-refractivity contribution in [1.29, 1.82) is 0 Å². The lowest BCUT2D eigenvalue weighted by molar-refractivity contribution is -0.359. The molecule has 0 spiro atoms. The van der Waals surface area contributed by atoms with Gasteiger partial charge in [-0.2, -0.15) is 30.7 Å². The van der Waals surface area contributed by atoms with E-state index in [4.69, 9.17) is 5.73 Å². The fourth-order valence-electron chi connectivity index (χ4n) is 0.885. The Hall–Kier alpha value is -1.39. The van der Waals surface area contributed by atoms with E-state index >= 15 is 0 Å². The normalized spacial score (nSPS) is 13.2. The second-order valence-corrected chi connectivity index (χ2v) is 3.68. The number of carbonyl (C=O) groups is 2. The van der Waals surface area contributed by atoms with Crippen molar-refractivity contribution in [2.75, 3.05) is 13.2 Å². The van der Waals surface area contributed by atoms with Crippen molar-refractivity contribution in [3.8, 4) is 0 Å². The summed E-state index contributed by atoms with van der Waals surface area (Å²) in [6, 6.07) is 0. The lowest BCUT2D eigenvalue weighted by Gasteiger charge is -2.27. The second kappa shape index (κ2) is 6.37. The van der Waals surface area contributed by atoms with Crippen LogP contribution in [0.5, 0.6) is 0 Å². The van der Waals surface area contributed by atoms with Gasteiger partial charge in [-0.25, -0.2) is 0 Å². The van der Waals surface area contributed by atoms with Crippen LogP contribution < -0.4 is 5.73 Å². The van der Waals surface area contributed by atoms with Gasteiger partial charge in [-0.3, -0.25) is 9.59 Å². The van der Waals surface area contributed by atoms with Gasteiger partial charge >= 0.3 is 24.0 Å². The molecule has 0 aromatic rings. The van der Waals surface area contributed by atoms with Gasteiger partial charge in [0.25, 0.3) is 0 Å². The SMILES string of the molecule is NCC(=O)CCC(=O)OCC(F)(F)C(F)(F)C(F)(F)F. The van der Waals surface area contributed by atoms with Crippen LogP contribution in [0.15, 0.2) is 0 Å². The highest BCUT2D eigenvalue weighted by Gasteiger charge is 2.73. The number of hydrogen-bond donors (Lipinski definition) is 1. The third-order valence-corrected chi connectivity index (χ3v) is 2.07. The number of carbonyl (C=O) groups excluding carboxylic acids is 2. The standard InChI is InChI=1S/C9H10F7NO3/c10-7(11,8(12,13)9(14,15)16)4-20-6(19)2-1-5(18)3-17/h1-4,17H2. The van der Waals surface area contributed by atoms with Crippen LogP contribution in [0.2, 0.25) is 0 Å². The maximum atomic E-state index is 12.7. The monoisotopic (exact) mass is 313 g/mol. The molecular formula is C9H10F7NO3. The molecule has 0 heterocycles. The summed E-state index contributed by atoms with van der Waals surface area (Å²) in [5.74, 6) is -14.1. The number of rotatable bonds is 7. The summed E-state index contributed by atoms with van der Waals surface area (Å²) in [4.78, 5) is 21.5. The quantitative estimate of drug-likeness (QED) is 0.573. The van der Waals surface area contributed by atoms with E-state index in [9.17, 15) is 40.3 Å². The van der Waals surface area contributed by atoms with Gasteiger partial charge in [-0.1, -0.05) is 0 Å². The lowest BCUT2D eigenvalue weighted by Crippen LogP contribution is -2.54. The number of ether oxygens (including phenoxy) is 1. The van der Waals surface area contributed by atoms with Crippen LogP contribution in [0.1, 0.15) is 12.8 Å². The van der Waals surface area contributed by atoms with Crippen molar-refractivity contribution in [3.05, 3.63) is 0 Å². The van der Waals surface area contributed by atoms with Crippen molar-refractivity contribution in [1.82, 2.24) is 0 Å². The average Bonchev–Trinajstić information content (AvgIpc) is 2.31. The summed E-state index contributed by atoms with van der Waals surface area (Å²) in [7, 11) is 0. The smallest absolute Gasteiger partial charge is 0.459 e. The Bertz CT molecular complexity index is 367. The molecule has 20 heavy (non-hydrogen) atoms.